The fourth-order valence-corrected chi connectivity index (χ4v) is 5.10. The Morgan fingerprint density at radius 3 is 2.38 bits per heavy atom. The van der Waals surface area contributed by atoms with Crippen LogP contribution in [-0.4, -0.2) is 20.8 Å². The lowest BCUT2D eigenvalue weighted by Gasteiger charge is -2.19. The molecule has 1 atom stereocenters. The first kappa shape index (κ1) is 16.8. The summed E-state index contributed by atoms with van der Waals surface area (Å²) in [6.07, 6.45) is 0. The van der Waals surface area contributed by atoms with E-state index >= 15 is 0 Å². The number of benzene rings is 1. The summed E-state index contributed by atoms with van der Waals surface area (Å²) in [5.41, 5.74) is 2.35. The summed E-state index contributed by atoms with van der Waals surface area (Å²) < 4.78 is 12.9. The maximum absolute atomic E-state index is 5.41. The molecule has 0 saturated heterocycles. The van der Waals surface area contributed by atoms with Gasteiger partial charge in [0.15, 0.2) is 11.5 Å². The average molecular weight is 435 g/mol. The van der Waals surface area contributed by atoms with Gasteiger partial charge < -0.3 is 14.8 Å². The summed E-state index contributed by atoms with van der Waals surface area (Å²) in [5.74, 6) is 1.48. The Hall–Kier alpha value is -0.560. The van der Waals surface area contributed by atoms with Gasteiger partial charge in [-0.05, 0) is 67.7 Å². The molecule has 114 valence electrons. The highest BCUT2D eigenvalue weighted by molar-refractivity contribution is 9.12. The number of hydrogen-bond donors (Lipinski definition) is 1. The molecule has 1 aromatic heterocycles. The van der Waals surface area contributed by atoms with Gasteiger partial charge in [-0.15, -0.1) is 11.3 Å². The van der Waals surface area contributed by atoms with Crippen molar-refractivity contribution in [2.24, 2.45) is 0 Å². The molecule has 0 aliphatic rings. The first-order valence-corrected chi connectivity index (χ1v) is 8.91. The van der Waals surface area contributed by atoms with Gasteiger partial charge in [0.1, 0.15) is 0 Å². The Balaban J connectivity index is 2.45. The van der Waals surface area contributed by atoms with Crippen molar-refractivity contribution >= 4 is 43.2 Å². The van der Waals surface area contributed by atoms with Crippen molar-refractivity contribution in [3.8, 4) is 11.5 Å². The average Bonchev–Trinajstić information content (AvgIpc) is 2.82. The van der Waals surface area contributed by atoms with Crippen molar-refractivity contribution in [2.45, 2.75) is 13.0 Å². The van der Waals surface area contributed by atoms with E-state index in [1.165, 1.54) is 5.56 Å². The number of halogens is 2. The molecule has 3 nitrogen and oxygen atoms in total. The van der Waals surface area contributed by atoms with Crippen LogP contribution in [0, 0.1) is 0 Å². The predicted molar refractivity (Wildman–Crippen MR) is 94.8 cm³/mol. The molecule has 6 heteroatoms. The first-order valence-electron chi connectivity index (χ1n) is 6.50. The molecule has 0 radical (unpaired) electrons. The standard InChI is InChI=1S/C15H17Br2NO2S/c1-4-18-14(10-8-13(16)21-15(10)17)9-5-6-11(19-2)12(7-9)20-3/h5-8,14,18H,4H2,1-3H3. The van der Waals surface area contributed by atoms with E-state index in [2.05, 4.69) is 56.2 Å². The van der Waals surface area contributed by atoms with E-state index in [-0.39, 0.29) is 6.04 Å². The number of rotatable bonds is 6. The van der Waals surface area contributed by atoms with Gasteiger partial charge in [0, 0.05) is 0 Å². The van der Waals surface area contributed by atoms with E-state index in [4.69, 9.17) is 9.47 Å². The fraction of sp³-hybridized carbons (Fsp3) is 0.333. The lowest BCUT2D eigenvalue weighted by atomic mass is 10.0. The maximum atomic E-state index is 5.41. The van der Waals surface area contributed by atoms with Gasteiger partial charge >= 0.3 is 0 Å². The van der Waals surface area contributed by atoms with Crippen molar-refractivity contribution in [3.63, 3.8) is 0 Å². The monoisotopic (exact) mass is 433 g/mol. The molecule has 1 aromatic carbocycles. The molecule has 0 spiro atoms. The summed E-state index contributed by atoms with van der Waals surface area (Å²) in [6, 6.07) is 8.26. The van der Waals surface area contributed by atoms with Crippen LogP contribution in [-0.2, 0) is 0 Å². The smallest absolute Gasteiger partial charge is 0.161 e. The molecule has 2 aromatic rings. The molecule has 1 heterocycles. The largest absolute Gasteiger partial charge is 0.493 e. The van der Waals surface area contributed by atoms with Gasteiger partial charge in [-0.25, -0.2) is 0 Å². The van der Waals surface area contributed by atoms with Crippen LogP contribution in [0.5, 0.6) is 11.5 Å². The van der Waals surface area contributed by atoms with E-state index in [1.807, 2.05) is 12.1 Å². The van der Waals surface area contributed by atoms with E-state index in [9.17, 15) is 0 Å². The van der Waals surface area contributed by atoms with Crippen LogP contribution in [0.15, 0.2) is 31.8 Å². The Morgan fingerprint density at radius 2 is 1.86 bits per heavy atom. The molecule has 0 bridgehead atoms. The summed E-state index contributed by atoms with van der Waals surface area (Å²) >= 11 is 8.86. The lowest BCUT2D eigenvalue weighted by molar-refractivity contribution is 0.354. The van der Waals surface area contributed by atoms with Crippen molar-refractivity contribution in [1.82, 2.24) is 5.32 Å². The SMILES string of the molecule is CCNC(c1ccc(OC)c(OC)c1)c1cc(Br)sc1Br. The number of nitrogens with one attached hydrogen (secondary N) is 1. The van der Waals surface area contributed by atoms with E-state index in [1.54, 1.807) is 25.6 Å². The maximum Gasteiger partial charge on any atom is 0.161 e. The van der Waals surface area contributed by atoms with Crippen LogP contribution in [0.1, 0.15) is 24.1 Å². The third kappa shape index (κ3) is 3.80. The Bertz CT molecular complexity index is 616. The van der Waals surface area contributed by atoms with Crippen LogP contribution in [0.2, 0.25) is 0 Å². The van der Waals surface area contributed by atoms with Gasteiger partial charge in [0.2, 0.25) is 0 Å². The van der Waals surface area contributed by atoms with E-state index < -0.39 is 0 Å². The quantitative estimate of drug-likeness (QED) is 0.694. The molecular formula is C15H17Br2NO2S. The van der Waals surface area contributed by atoms with Crippen molar-refractivity contribution in [1.29, 1.82) is 0 Å². The van der Waals surface area contributed by atoms with E-state index in [0.29, 0.717) is 0 Å². The molecular weight excluding hydrogens is 418 g/mol. The van der Waals surface area contributed by atoms with Crippen molar-refractivity contribution in [3.05, 3.63) is 43.0 Å². The van der Waals surface area contributed by atoms with Crippen LogP contribution >= 0.6 is 43.2 Å². The second-order valence-electron chi connectivity index (χ2n) is 4.38. The lowest BCUT2D eigenvalue weighted by Crippen LogP contribution is -2.21. The molecule has 0 aliphatic carbocycles. The minimum Gasteiger partial charge on any atom is -0.493 e. The summed E-state index contributed by atoms with van der Waals surface area (Å²) in [7, 11) is 3.30. The second kappa shape index (κ2) is 7.63. The molecule has 0 amide bonds. The Kier molecular flexibility index (Phi) is 6.10. The van der Waals surface area contributed by atoms with Gasteiger partial charge in [-0.1, -0.05) is 13.0 Å². The third-order valence-electron chi connectivity index (χ3n) is 3.14. The van der Waals surface area contributed by atoms with Gasteiger partial charge in [-0.3, -0.25) is 0 Å². The minimum absolute atomic E-state index is 0.103. The summed E-state index contributed by atoms with van der Waals surface area (Å²) in [5, 5.41) is 3.52. The van der Waals surface area contributed by atoms with E-state index in [0.717, 1.165) is 31.2 Å². The molecule has 0 aliphatic heterocycles. The molecule has 0 fully saturated rings. The van der Waals surface area contributed by atoms with Gasteiger partial charge in [0.25, 0.3) is 0 Å². The number of thiophene rings is 1. The summed E-state index contributed by atoms with van der Waals surface area (Å²) in [6.45, 7) is 2.97. The highest BCUT2D eigenvalue weighted by Gasteiger charge is 2.20. The van der Waals surface area contributed by atoms with Crippen LogP contribution in [0.25, 0.3) is 0 Å². The minimum atomic E-state index is 0.103. The van der Waals surface area contributed by atoms with Crippen LogP contribution in [0.3, 0.4) is 0 Å². The summed E-state index contributed by atoms with van der Waals surface area (Å²) in [4.78, 5) is 0. The van der Waals surface area contributed by atoms with Crippen molar-refractivity contribution < 1.29 is 9.47 Å². The van der Waals surface area contributed by atoms with Gasteiger partial charge in [-0.2, -0.15) is 0 Å². The van der Waals surface area contributed by atoms with Gasteiger partial charge in [0.05, 0.1) is 27.8 Å². The second-order valence-corrected chi connectivity index (χ2v) is 8.13. The normalized spacial score (nSPS) is 12.2. The fourth-order valence-electron chi connectivity index (χ4n) is 2.19. The number of methoxy groups -OCH3 is 2. The number of hydrogen-bond acceptors (Lipinski definition) is 4. The highest BCUT2D eigenvalue weighted by atomic mass is 79.9. The topological polar surface area (TPSA) is 30.5 Å². The predicted octanol–water partition coefficient (Wildman–Crippen LogP) is 4.99. The number of ether oxygens (including phenoxy) is 2. The van der Waals surface area contributed by atoms with Crippen LogP contribution < -0.4 is 14.8 Å². The Morgan fingerprint density at radius 1 is 1.14 bits per heavy atom. The van der Waals surface area contributed by atoms with Crippen LogP contribution in [0.4, 0.5) is 0 Å². The first-order chi connectivity index (χ1) is 10.1. The molecule has 21 heavy (non-hydrogen) atoms. The highest BCUT2D eigenvalue weighted by Crippen LogP contribution is 2.39. The zero-order valence-corrected chi connectivity index (χ0v) is 16.1. The Labute approximate surface area is 145 Å². The van der Waals surface area contributed by atoms with Crippen molar-refractivity contribution in [2.75, 3.05) is 20.8 Å². The zero-order chi connectivity index (χ0) is 15.4. The third-order valence-corrected chi connectivity index (χ3v) is 5.53. The molecule has 0 saturated carbocycles. The molecule has 2 rings (SSSR count). The zero-order valence-electron chi connectivity index (χ0n) is 12.1. The molecule has 1 N–H and O–H groups in total. The molecule has 1 unspecified atom stereocenters.